The molecule has 0 radical (unpaired) electrons. The second-order valence-electron chi connectivity index (χ2n) is 5.48. The average Bonchev–Trinajstić information content (AvgIpc) is 2.82. The van der Waals surface area contributed by atoms with Crippen molar-refractivity contribution < 1.29 is 9.18 Å². The van der Waals surface area contributed by atoms with Gasteiger partial charge in [-0.1, -0.05) is 42.2 Å². The Balaban J connectivity index is 1.88. The Kier molecular flexibility index (Phi) is 4.69. The number of amides is 1. The summed E-state index contributed by atoms with van der Waals surface area (Å²) < 4.78 is 13.8. The van der Waals surface area contributed by atoms with Gasteiger partial charge in [-0.2, -0.15) is 0 Å². The maximum Gasteiger partial charge on any atom is 0.270 e. The molecule has 1 aliphatic rings. The Labute approximate surface area is 149 Å². The van der Waals surface area contributed by atoms with E-state index in [1.807, 2.05) is 43.3 Å². The lowest BCUT2D eigenvalue weighted by Crippen LogP contribution is -2.27. The van der Waals surface area contributed by atoms with E-state index in [9.17, 15) is 9.18 Å². The minimum atomic E-state index is -0.398. The Morgan fingerprint density at radius 2 is 1.88 bits per heavy atom. The van der Waals surface area contributed by atoms with Crippen LogP contribution >= 0.6 is 24.0 Å². The van der Waals surface area contributed by atoms with Crippen LogP contribution in [0, 0.1) is 5.82 Å². The lowest BCUT2D eigenvalue weighted by Gasteiger charge is -2.14. The lowest BCUT2D eigenvalue weighted by atomic mass is 10.2. The van der Waals surface area contributed by atoms with Gasteiger partial charge in [0.05, 0.1) is 10.6 Å². The summed E-state index contributed by atoms with van der Waals surface area (Å²) in [6.07, 6.45) is 1.80. The Hall–Kier alpha value is -2.18. The lowest BCUT2D eigenvalue weighted by molar-refractivity contribution is -0.113. The third-order valence-corrected chi connectivity index (χ3v) is 4.87. The fourth-order valence-corrected chi connectivity index (χ4v) is 3.62. The highest BCUT2D eigenvalue weighted by Crippen LogP contribution is 2.36. The van der Waals surface area contributed by atoms with E-state index in [1.165, 1.54) is 28.8 Å². The van der Waals surface area contributed by atoms with Crippen LogP contribution in [-0.4, -0.2) is 24.3 Å². The third-order valence-electron chi connectivity index (χ3n) is 3.57. The molecule has 3 rings (SSSR count). The Morgan fingerprint density at radius 1 is 1.17 bits per heavy atom. The number of hydrogen-bond donors (Lipinski definition) is 0. The van der Waals surface area contributed by atoms with Crippen molar-refractivity contribution in [2.45, 2.75) is 0 Å². The van der Waals surface area contributed by atoms with E-state index in [4.69, 9.17) is 12.2 Å². The van der Waals surface area contributed by atoms with Gasteiger partial charge in [-0.15, -0.1) is 0 Å². The van der Waals surface area contributed by atoms with Crippen LogP contribution in [0.25, 0.3) is 6.08 Å². The standard InChI is InChI=1S/C18H15FN2OS2/c1-20(2)14-8-6-12(7-9-14)10-16-17(22)21(18(23)24-16)15-5-3-4-13(19)11-15/h3-11H,1-2H3/b16-10-. The molecule has 1 aliphatic heterocycles. The molecule has 2 aromatic rings. The maximum absolute atomic E-state index is 13.4. The minimum absolute atomic E-state index is 0.229. The van der Waals surface area contributed by atoms with E-state index in [-0.39, 0.29) is 5.91 Å². The fraction of sp³-hybridized carbons (Fsp3) is 0.111. The second-order valence-corrected chi connectivity index (χ2v) is 7.16. The predicted octanol–water partition coefficient (Wildman–Crippen LogP) is 4.30. The molecule has 0 bridgehead atoms. The molecule has 122 valence electrons. The van der Waals surface area contributed by atoms with Gasteiger partial charge < -0.3 is 4.90 Å². The topological polar surface area (TPSA) is 23.6 Å². The highest BCUT2D eigenvalue weighted by Gasteiger charge is 2.33. The number of thiocarbonyl (C=S) groups is 1. The van der Waals surface area contributed by atoms with Gasteiger partial charge in [0.1, 0.15) is 5.82 Å². The molecular weight excluding hydrogens is 343 g/mol. The molecule has 0 saturated carbocycles. The largest absolute Gasteiger partial charge is 0.378 e. The van der Waals surface area contributed by atoms with Crippen molar-refractivity contribution in [1.29, 1.82) is 0 Å². The van der Waals surface area contributed by atoms with E-state index in [0.717, 1.165) is 11.3 Å². The quantitative estimate of drug-likeness (QED) is 0.603. The van der Waals surface area contributed by atoms with Gasteiger partial charge in [-0.25, -0.2) is 4.39 Å². The summed E-state index contributed by atoms with van der Waals surface area (Å²) in [5.74, 6) is -0.628. The molecule has 1 amide bonds. The van der Waals surface area contributed by atoms with Crippen LogP contribution in [0.3, 0.4) is 0 Å². The number of anilines is 2. The highest BCUT2D eigenvalue weighted by molar-refractivity contribution is 8.27. The van der Waals surface area contributed by atoms with Crippen LogP contribution in [-0.2, 0) is 4.79 Å². The van der Waals surface area contributed by atoms with Crippen LogP contribution < -0.4 is 9.80 Å². The highest BCUT2D eigenvalue weighted by atomic mass is 32.2. The molecule has 1 heterocycles. The molecule has 1 fully saturated rings. The van der Waals surface area contributed by atoms with Crippen molar-refractivity contribution in [3.63, 3.8) is 0 Å². The van der Waals surface area contributed by atoms with Gasteiger partial charge in [0.2, 0.25) is 0 Å². The molecule has 0 atom stereocenters. The maximum atomic E-state index is 13.4. The van der Waals surface area contributed by atoms with Gasteiger partial charge in [0, 0.05) is 19.8 Å². The zero-order valence-corrected chi connectivity index (χ0v) is 14.8. The molecule has 0 N–H and O–H groups in total. The molecule has 6 heteroatoms. The molecule has 1 saturated heterocycles. The van der Waals surface area contributed by atoms with Crippen LogP contribution in [0.2, 0.25) is 0 Å². The summed E-state index contributed by atoms with van der Waals surface area (Å²) in [6, 6.07) is 13.7. The van der Waals surface area contributed by atoms with Crippen molar-refractivity contribution >= 4 is 51.7 Å². The minimum Gasteiger partial charge on any atom is -0.378 e. The van der Waals surface area contributed by atoms with Crippen LogP contribution in [0.15, 0.2) is 53.4 Å². The van der Waals surface area contributed by atoms with Crippen LogP contribution in [0.1, 0.15) is 5.56 Å². The number of carbonyl (C=O) groups excluding carboxylic acids is 1. The molecule has 0 aliphatic carbocycles. The number of thioether (sulfide) groups is 1. The molecule has 0 spiro atoms. The summed E-state index contributed by atoms with van der Waals surface area (Å²) in [6.45, 7) is 0. The average molecular weight is 358 g/mol. The first-order valence-electron chi connectivity index (χ1n) is 7.26. The SMILES string of the molecule is CN(C)c1ccc(/C=C2\SC(=S)N(c3cccc(F)c3)C2=O)cc1. The first-order chi connectivity index (χ1) is 11.5. The molecule has 0 unspecified atom stereocenters. The summed E-state index contributed by atoms with van der Waals surface area (Å²) >= 11 is 6.51. The number of rotatable bonds is 3. The number of hydrogen-bond acceptors (Lipinski definition) is 4. The zero-order chi connectivity index (χ0) is 17.3. The van der Waals surface area contributed by atoms with Gasteiger partial charge in [0.25, 0.3) is 5.91 Å². The number of benzene rings is 2. The van der Waals surface area contributed by atoms with Crippen molar-refractivity contribution in [1.82, 2.24) is 0 Å². The van der Waals surface area contributed by atoms with Crippen LogP contribution in [0.4, 0.5) is 15.8 Å². The van der Waals surface area contributed by atoms with E-state index >= 15 is 0 Å². The van der Waals surface area contributed by atoms with Gasteiger partial charge in [0.15, 0.2) is 4.32 Å². The fourth-order valence-electron chi connectivity index (χ4n) is 2.33. The molecule has 2 aromatic carbocycles. The molecular formula is C18H15FN2OS2. The van der Waals surface area contributed by atoms with Crippen LogP contribution in [0.5, 0.6) is 0 Å². The number of carbonyl (C=O) groups is 1. The second kappa shape index (κ2) is 6.75. The molecule has 24 heavy (non-hydrogen) atoms. The van der Waals surface area contributed by atoms with E-state index in [1.54, 1.807) is 18.2 Å². The van der Waals surface area contributed by atoms with Gasteiger partial charge >= 0.3 is 0 Å². The number of nitrogens with zero attached hydrogens (tertiary/aromatic N) is 2. The van der Waals surface area contributed by atoms with E-state index in [0.29, 0.717) is 14.9 Å². The van der Waals surface area contributed by atoms with Crippen molar-refractivity contribution in [2.24, 2.45) is 0 Å². The smallest absolute Gasteiger partial charge is 0.270 e. The van der Waals surface area contributed by atoms with Gasteiger partial charge in [-0.3, -0.25) is 9.69 Å². The monoisotopic (exact) mass is 358 g/mol. The summed E-state index contributed by atoms with van der Waals surface area (Å²) in [4.78, 5) is 16.5. The zero-order valence-electron chi connectivity index (χ0n) is 13.2. The summed E-state index contributed by atoms with van der Waals surface area (Å²) in [5.41, 5.74) is 2.45. The molecule has 3 nitrogen and oxygen atoms in total. The summed E-state index contributed by atoms with van der Waals surface area (Å²) in [5, 5.41) is 0. The van der Waals surface area contributed by atoms with Crippen molar-refractivity contribution in [3.05, 3.63) is 64.8 Å². The predicted molar refractivity (Wildman–Crippen MR) is 103 cm³/mol. The van der Waals surface area contributed by atoms with Crippen molar-refractivity contribution in [3.8, 4) is 0 Å². The third kappa shape index (κ3) is 3.34. The normalized spacial score (nSPS) is 16.1. The van der Waals surface area contributed by atoms with E-state index in [2.05, 4.69) is 0 Å². The summed E-state index contributed by atoms with van der Waals surface area (Å²) in [7, 11) is 3.94. The van der Waals surface area contributed by atoms with E-state index < -0.39 is 5.82 Å². The molecule has 0 aromatic heterocycles. The van der Waals surface area contributed by atoms with Gasteiger partial charge in [-0.05, 0) is 42.0 Å². The first kappa shape index (κ1) is 16.7. The van der Waals surface area contributed by atoms with Crippen molar-refractivity contribution in [2.75, 3.05) is 23.9 Å². The Bertz CT molecular complexity index is 831. The number of halogens is 1. The Morgan fingerprint density at radius 3 is 2.50 bits per heavy atom. The first-order valence-corrected chi connectivity index (χ1v) is 8.49.